The van der Waals surface area contributed by atoms with Crippen LogP contribution in [-0.4, -0.2) is 69.3 Å². The van der Waals surface area contributed by atoms with Crippen molar-refractivity contribution in [2.24, 2.45) is 5.41 Å². The van der Waals surface area contributed by atoms with Gasteiger partial charge in [-0.3, -0.25) is 14.3 Å². The standard InChI is InChI=1S/C18H28N4O3/c1-2-15(22-9-3-8-19-22)17(25)20-10-6-18(7-11-20)5-4-16(24)21(14-18)12-13-23/h3,8-9,15,23H,2,4-7,10-14H2,1H3/t15-/m1/s1. The second-order valence-corrected chi connectivity index (χ2v) is 7.27. The second kappa shape index (κ2) is 7.56. The van der Waals surface area contributed by atoms with Crippen molar-refractivity contribution < 1.29 is 14.7 Å². The molecule has 0 aliphatic carbocycles. The van der Waals surface area contributed by atoms with Crippen molar-refractivity contribution >= 4 is 11.8 Å². The molecule has 138 valence electrons. The molecule has 0 bridgehead atoms. The molecule has 0 saturated carbocycles. The first-order chi connectivity index (χ1) is 12.1. The second-order valence-electron chi connectivity index (χ2n) is 7.27. The van der Waals surface area contributed by atoms with Crippen LogP contribution in [-0.2, 0) is 9.59 Å². The van der Waals surface area contributed by atoms with Gasteiger partial charge < -0.3 is 14.9 Å². The van der Waals surface area contributed by atoms with Gasteiger partial charge in [0.1, 0.15) is 6.04 Å². The van der Waals surface area contributed by atoms with Crippen LogP contribution in [0.1, 0.15) is 45.1 Å². The van der Waals surface area contributed by atoms with Gasteiger partial charge in [0.15, 0.2) is 0 Å². The molecule has 25 heavy (non-hydrogen) atoms. The van der Waals surface area contributed by atoms with Crippen molar-refractivity contribution in [1.29, 1.82) is 0 Å². The molecule has 1 spiro atoms. The Morgan fingerprint density at radius 2 is 2.12 bits per heavy atom. The number of aliphatic hydroxyl groups excluding tert-OH is 1. The lowest BCUT2D eigenvalue weighted by Crippen LogP contribution is -2.53. The van der Waals surface area contributed by atoms with E-state index in [0.29, 0.717) is 19.5 Å². The fourth-order valence-corrected chi connectivity index (χ4v) is 4.19. The lowest BCUT2D eigenvalue weighted by atomic mass is 9.72. The van der Waals surface area contributed by atoms with Crippen LogP contribution in [0.25, 0.3) is 0 Å². The number of β-amino-alcohol motifs (C(OH)–C–C–N with tert-alkyl or cyclic N) is 1. The predicted octanol–water partition coefficient (Wildman–Crippen LogP) is 1.06. The highest BCUT2D eigenvalue weighted by Gasteiger charge is 2.42. The molecule has 3 heterocycles. The van der Waals surface area contributed by atoms with E-state index in [9.17, 15) is 9.59 Å². The summed E-state index contributed by atoms with van der Waals surface area (Å²) < 4.78 is 1.75. The monoisotopic (exact) mass is 348 g/mol. The Hall–Kier alpha value is -1.89. The molecule has 7 heteroatoms. The number of carbonyl (C=O) groups excluding carboxylic acids is 2. The molecule has 2 amide bonds. The molecule has 2 saturated heterocycles. The lowest BCUT2D eigenvalue weighted by Gasteiger charge is -2.47. The Kier molecular flexibility index (Phi) is 5.42. The lowest BCUT2D eigenvalue weighted by molar-refractivity contribution is -0.144. The van der Waals surface area contributed by atoms with Gasteiger partial charge in [0.25, 0.3) is 0 Å². The predicted molar refractivity (Wildman–Crippen MR) is 92.7 cm³/mol. The molecule has 7 nitrogen and oxygen atoms in total. The Morgan fingerprint density at radius 3 is 2.72 bits per heavy atom. The maximum atomic E-state index is 12.9. The van der Waals surface area contributed by atoms with Gasteiger partial charge >= 0.3 is 0 Å². The average molecular weight is 348 g/mol. The van der Waals surface area contributed by atoms with E-state index in [1.807, 2.05) is 24.1 Å². The highest BCUT2D eigenvalue weighted by atomic mass is 16.3. The van der Waals surface area contributed by atoms with Crippen molar-refractivity contribution in [2.45, 2.75) is 45.1 Å². The van der Waals surface area contributed by atoms with E-state index in [4.69, 9.17) is 5.11 Å². The van der Waals surface area contributed by atoms with Gasteiger partial charge in [-0.1, -0.05) is 6.92 Å². The number of carbonyl (C=O) groups is 2. The van der Waals surface area contributed by atoms with Crippen molar-refractivity contribution in [3.8, 4) is 0 Å². The largest absolute Gasteiger partial charge is 0.395 e. The third-order valence-electron chi connectivity index (χ3n) is 5.77. The molecular formula is C18H28N4O3. The minimum absolute atomic E-state index is 0.00841. The third-order valence-corrected chi connectivity index (χ3v) is 5.77. The van der Waals surface area contributed by atoms with Gasteiger partial charge in [0.2, 0.25) is 11.8 Å². The quantitative estimate of drug-likeness (QED) is 0.863. The molecule has 0 aromatic carbocycles. The van der Waals surface area contributed by atoms with Gasteiger partial charge in [-0.05, 0) is 37.2 Å². The normalized spacial score (nSPS) is 21.6. The van der Waals surface area contributed by atoms with E-state index < -0.39 is 0 Å². The molecule has 1 aromatic heterocycles. The minimum Gasteiger partial charge on any atom is -0.395 e. The maximum absolute atomic E-state index is 12.9. The van der Waals surface area contributed by atoms with Gasteiger partial charge in [0, 0.05) is 45.0 Å². The topological polar surface area (TPSA) is 78.7 Å². The highest BCUT2D eigenvalue weighted by Crippen LogP contribution is 2.40. The molecule has 0 unspecified atom stereocenters. The summed E-state index contributed by atoms with van der Waals surface area (Å²) in [6.45, 7) is 4.62. The van der Waals surface area contributed by atoms with Crippen LogP contribution in [0.2, 0.25) is 0 Å². The van der Waals surface area contributed by atoms with Gasteiger partial charge in [-0.15, -0.1) is 0 Å². The molecule has 1 aromatic rings. The minimum atomic E-state index is -0.233. The van der Waals surface area contributed by atoms with Crippen molar-refractivity contribution in [2.75, 3.05) is 32.8 Å². The number of hydrogen-bond donors (Lipinski definition) is 1. The summed E-state index contributed by atoms with van der Waals surface area (Å²) in [5.41, 5.74) is 0.104. The summed E-state index contributed by atoms with van der Waals surface area (Å²) in [5, 5.41) is 13.4. The van der Waals surface area contributed by atoms with Crippen molar-refractivity contribution in [3.05, 3.63) is 18.5 Å². The van der Waals surface area contributed by atoms with E-state index in [1.54, 1.807) is 15.8 Å². The Morgan fingerprint density at radius 1 is 1.36 bits per heavy atom. The van der Waals surface area contributed by atoms with Gasteiger partial charge in [-0.25, -0.2) is 0 Å². The van der Waals surface area contributed by atoms with Crippen molar-refractivity contribution in [3.63, 3.8) is 0 Å². The van der Waals surface area contributed by atoms with Crippen LogP contribution in [0.15, 0.2) is 18.5 Å². The number of rotatable bonds is 5. The summed E-state index contributed by atoms with van der Waals surface area (Å²) >= 11 is 0. The zero-order valence-corrected chi connectivity index (χ0v) is 14.9. The molecule has 1 atom stereocenters. The van der Waals surface area contributed by atoms with E-state index >= 15 is 0 Å². The molecule has 0 radical (unpaired) electrons. The molecule has 1 N–H and O–H groups in total. The SMILES string of the molecule is CC[C@H](C(=O)N1CCC2(CCC(=O)N(CCO)C2)CC1)n1cccn1. The van der Waals surface area contributed by atoms with Crippen LogP contribution in [0, 0.1) is 5.41 Å². The number of piperidine rings is 2. The van der Waals surface area contributed by atoms with Crippen LogP contribution < -0.4 is 0 Å². The van der Waals surface area contributed by atoms with Crippen molar-refractivity contribution in [1.82, 2.24) is 19.6 Å². The summed E-state index contributed by atoms with van der Waals surface area (Å²) in [6, 6.07) is 1.61. The van der Waals surface area contributed by atoms with Crippen LogP contribution >= 0.6 is 0 Å². The number of nitrogens with zero attached hydrogens (tertiary/aromatic N) is 4. The number of hydrogen-bond acceptors (Lipinski definition) is 4. The van der Waals surface area contributed by atoms with E-state index in [-0.39, 0.29) is 29.9 Å². The third kappa shape index (κ3) is 3.71. The maximum Gasteiger partial charge on any atom is 0.247 e. The summed E-state index contributed by atoms with van der Waals surface area (Å²) in [7, 11) is 0. The fraction of sp³-hybridized carbons (Fsp3) is 0.722. The summed E-state index contributed by atoms with van der Waals surface area (Å²) in [5.74, 6) is 0.281. The highest BCUT2D eigenvalue weighted by molar-refractivity contribution is 5.80. The van der Waals surface area contributed by atoms with Crippen LogP contribution in [0.3, 0.4) is 0 Å². The Bertz CT molecular complexity index is 593. The molecule has 2 aliphatic heterocycles. The van der Waals surface area contributed by atoms with Gasteiger partial charge in [0.05, 0.1) is 6.61 Å². The fourth-order valence-electron chi connectivity index (χ4n) is 4.19. The van der Waals surface area contributed by atoms with Crippen LogP contribution in [0.5, 0.6) is 0 Å². The number of aromatic nitrogens is 2. The van der Waals surface area contributed by atoms with E-state index in [0.717, 1.165) is 38.8 Å². The zero-order chi connectivity index (χ0) is 17.9. The van der Waals surface area contributed by atoms with Crippen LogP contribution in [0.4, 0.5) is 0 Å². The molecular weight excluding hydrogens is 320 g/mol. The number of likely N-dealkylation sites (tertiary alicyclic amines) is 2. The van der Waals surface area contributed by atoms with E-state index in [1.165, 1.54) is 0 Å². The average Bonchev–Trinajstić information content (AvgIpc) is 3.14. The smallest absolute Gasteiger partial charge is 0.247 e. The number of aliphatic hydroxyl groups is 1. The Balaban J connectivity index is 1.61. The first-order valence-electron chi connectivity index (χ1n) is 9.25. The number of amides is 2. The first kappa shape index (κ1) is 17.9. The van der Waals surface area contributed by atoms with E-state index in [2.05, 4.69) is 5.10 Å². The zero-order valence-electron chi connectivity index (χ0n) is 14.9. The summed E-state index contributed by atoms with van der Waals surface area (Å²) in [6.07, 6.45) is 7.56. The first-order valence-corrected chi connectivity index (χ1v) is 9.25. The molecule has 2 aliphatic rings. The molecule has 3 rings (SSSR count). The Labute approximate surface area is 148 Å². The molecule has 2 fully saturated rings. The van der Waals surface area contributed by atoms with Gasteiger partial charge in [-0.2, -0.15) is 5.10 Å². The summed E-state index contributed by atoms with van der Waals surface area (Å²) in [4.78, 5) is 28.6.